The Morgan fingerprint density at radius 1 is 0.548 bits per heavy atom. The van der Waals surface area contributed by atoms with Crippen molar-refractivity contribution in [3.8, 4) is 0 Å². The van der Waals surface area contributed by atoms with Crippen LogP contribution in [0.25, 0.3) is 0 Å². The number of carboxylic acid groups (broad SMARTS) is 1. The Labute approximate surface area is 184 Å². The van der Waals surface area contributed by atoms with Crippen molar-refractivity contribution in [3.63, 3.8) is 0 Å². The molecule has 0 saturated heterocycles. The molecule has 4 aromatic rings. The van der Waals surface area contributed by atoms with Gasteiger partial charge < -0.3 is 0 Å². The molecule has 0 heterocycles. The van der Waals surface area contributed by atoms with E-state index in [9.17, 15) is 9.90 Å². The molecule has 0 fully saturated rings. The van der Waals surface area contributed by atoms with Gasteiger partial charge in [-0.15, -0.1) is 0 Å². The summed E-state index contributed by atoms with van der Waals surface area (Å²) in [6.45, 7) is -3.21. The predicted molar refractivity (Wildman–Crippen MR) is 133 cm³/mol. The van der Waals surface area contributed by atoms with Crippen LogP contribution in [0.1, 0.15) is 12.8 Å². The van der Waals surface area contributed by atoms with E-state index in [1.165, 1.54) is 21.2 Å². The van der Waals surface area contributed by atoms with E-state index in [0.29, 0.717) is 6.42 Å². The molecular formula is C28H27O2P. The zero-order valence-corrected chi connectivity index (χ0v) is 18.4. The van der Waals surface area contributed by atoms with Gasteiger partial charge in [0.2, 0.25) is 0 Å². The second-order valence-corrected chi connectivity index (χ2v) is 13.0. The Balaban J connectivity index is 2.19. The average molecular weight is 426 g/mol. The fraction of sp³-hybridized carbons (Fsp3) is 0.107. The number of aliphatic carboxylic acids is 1. The van der Waals surface area contributed by atoms with Crippen molar-refractivity contribution in [1.29, 1.82) is 0 Å². The number of hydrogen-bond acceptors (Lipinski definition) is 1. The maximum atomic E-state index is 11.6. The Hall–Kier alpha value is -3.22. The van der Waals surface area contributed by atoms with Gasteiger partial charge in [0.05, 0.1) is 0 Å². The predicted octanol–water partition coefficient (Wildman–Crippen LogP) is 4.71. The summed E-state index contributed by atoms with van der Waals surface area (Å²) in [5.74, 6) is -0.751. The summed E-state index contributed by atoms with van der Waals surface area (Å²) in [5.41, 5.74) is 0. The average Bonchev–Trinajstić information content (AvgIpc) is 2.84. The van der Waals surface area contributed by atoms with Crippen LogP contribution in [0.15, 0.2) is 121 Å². The van der Waals surface area contributed by atoms with Crippen LogP contribution in [0.2, 0.25) is 0 Å². The van der Waals surface area contributed by atoms with Crippen molar-refractivity contribution in [3.05, 3.63) is 121 Å². The molecule has 4 rings (SSSR count). The maximum absolute atomic E-state index is 11.6. The van der Waals surface area contributed by atoms with E-state index >= 15 is 0 Å². The van der Waals surface area contributed by atoms with E-state index < -0.39 is 12.6 Å². The van der Waals surface area contributed by atoms with Gasteiger partial charge in [0.25, 0.3) is 0 Å². The van der Waals surface area contributed by atoms with Gasteiger partial charge in [-0.3, -0.25) is 0 Å². The fourth-order valence-electron chi connectivity index (χ4n) is 4.99. The summed E-state index contributed by atoms with van der Waals surface area (Å²) >= 11 is 0. The molecule has 0 unspecified atom stereocenters. The first kappa shape index (κ1) is 21.0. The zero-order chi connectivity index (χ0) is 21.6. The van der Waals surface area contributed by atoms with Gasteiger partial charge in [-0.05, 0) is 0 Å². The summed E-state index contributed by atoms with van der Waals surface area (Å²) in [7, 11) is 0. The normalized spacial score (nSPS) is 12.6. The number of benzene rings is 4. The summed E-state index contributed by atoms with van der Waals surface area (Å²) in [4.78, 5) is 11.6. The Morgan fingerprint density at radius 3 is 1.10 bits per heavy atom. The molecule has 0 amide bonds. The van der Waals surface area contributed by atoms with E-state index in [1.54, 1.807) is 0 Å². The molecule has 0 aliphatic carbocycles. The van der Waals surface area contributed by atoms with Crippen molar-refractivity contribution in [1.82, 2.24) is 0 Å². The van der Waals surface area contributed by atoms with Crippen molar-refractivity contribution in [2.24, 2.45) is 0 Å². The molecule has 0 aliphatic heterocycles. The first-order chi connectivity index (χ1) is 15.2. The molecule has 0 atom stereocenters. The van der Waals surface area contributed by atoms with Gasteiger partial charge in [-0.25, -0.2) is 0 Å². The summed E-state index contributed by atoms with van der Waals surface area (Å²) in [6, 6.07) is 42.8. The van der Waals surface area contributed by atoms with Gasteiger partial charge in [-0.2, -0.15) is 0 Å². The number of rotatable bonds is 8. The number of hydrogen-bond donors (Lipinski definition) is 1. The van der Waals surface area contributed by atoms with Gasteiger partial charge in [-0.1, -0.05) is 0 Å². The second kappa shape index (κ2) is 8.88. The van der Waals surface area contributed by atoms with Crippen LogP contribution < -0.4 is 21.2 Å². The third-order valence-electron chi connectivity index (χ3n) is 6.30. The number of carbonyl (C=O) groups is 1. The van der Waals surface area contributed by atoms with Crippen LogP contribution >= 0.6 is 6.60 Å². The van der Waals surface area contributed by atoms with Crippen LogP contribution in [-0.4, -0.2) is 17.2 Å². The first-order valence-electron chi connectivity index (χ1n) is 10.6. The van der Waals surface area contributed by atoms with Crippen LogP contribution in [-0.2, 0) is 4.79 Å². The molecule has 156 valence electrons. The van der Waals surface area contributed by atoms with Gasteiger partial charge in [0, 0.05) is 0 Å². The molecule has 1 N–H and O–H groups in total. The number of carboxylic acids is 1. The molecule has 0 aromatic heterocycles. The van der Waals surface area contributed by atoms with Crippen LogP contribution in [0.3, 0.4) is 0 Å². The summed E-state index contributed by atoms with van der Waals surface area (Å²) in [6.07, 6.45) is 1.51. The zero-order valence-electron chi connectivity index (χ0n) is 17.5. The molecule has 3 heteroatoms. The third-order valence-corrected chi connectivity index (χ3v) is 13.3. The summed E-state index contributed by atoms with van der Waals surface area (Å²) < 4.78 is 0. The standard InChI is InChI=1S/C28H27O2P/c29-28(30)22-13-23-31(24-14-5-1-6-15-24,25-16-7-2-8-17-25,26-18-9-3-10-19-26)27-20-11-4-12-21-27/h1-12,14-21H,13,22-23H2,(H,29,30). The molecular weight excluding hydrogens is 399 g/mol. The van der Waals surface area contributed by atoms with Crippen LogP contribution in [0.4, 0.5) is 0 Å². The molecule has 0 radical (unpaired) electrons. The molecule has 0 spiro atoms. The Morgan fingerprint density at radius 2 is 0.839 bits per heavy atom. The fourth-order valence-corrected chi connectivity index (χ4v) is 11.9. The van der Waals surface area contributed by atoms with Gasteiger partial charge in [0.15, 0.2) is 0 Å². The van der Waals surface area contributed by atoms with E-state index in [1.807, 2.05) is 24.3 Å². The van der Waals surface area contributed by atoms with E-state index in [-0.39, 0.29) is 6.42 Å². The molecule has 4 aromatic carbocycles. The van der Waals surface area contributed by atoms with Gasteiger partial charge in [0.1, 0.15) is 0 Å². The SMILES string of the molecule is O=C(O)CCCP(c1ccccc1)(c1ccccc1)(c1ccccc1)c1ccccc1. The first-order valence-corrected chi connectivity index (χ1v) is 13.1. The van der Waals surface area contributed by atoms with Crippen molar-refractivity contribution < 1.29 is 9.90 Å². The van der Waals surface area contributed by atoms with E-state index in [2.05, 4.69) is 97.1 Å². The quantitative estimate of drug-likeness (QED) is 0.415. The van der Waals surface area contributed by atoms with E-state index in [4.69, 9.17) is 0 Å². The second-order valence-electron chi connectivity index (χ2n) is 7.87. The molecule has 0 bridgehead atoms. The molecule has 0 aliphatic rings. The minimum atomic E-state index is -3.21. The Kier molecular flexibility index (Phi) is 6.02. The monoisotopic (exact) mass is 426 g/mol. The summed E-state index contributed by atoms with van der Waals surface area (Å²) in [5, 5.41) is 14.6. The van der Waals surface area contributed by atoms with E-state index in [0.717, 1.165) is 6.16 Å². The van der Waals surface area contributed by atoms with Crippen molar-refractivity contribution >= 4 is 33.8 Å². The van der Waals surface area contributed by atoms with Crippen LogP contribution in [0.5, 0.6) is 0 Å². The topological polar surface area (TPSA) is 37.3 Å². The van der Waals surface area contributed by atoms with Crippen molar-refractivity contribution in [2.45, 2.75) is 12.8 Å². The minimum absolute atomic E-state index is 0.150. The van der Waals surface area contributed by atoms with Gasteiger partial charge >= 0.3 is 184 Å². The molecule has 31 heavy (non-hydrogen) atoms. The third kappa shape index (κ3) is 3.48. The molecule has 0 saturated carbocycles. The van der Waals surface area contributed by atoms with Crippen LogP contribution in [0, 0.1) is 0 Å². The Bertz CT molecular complexity index is 957. The van der Waals surface area contributed by atoms with Crippen molar-refractivity contribution in [2.75, 3.05) is 6.16 Å². The molecule has 2 nitrogen and oxygen atoms in total.